The van der Waals surface area contributed by atoms with Crippen LogP contribution >= 0.6 is 15.9 Å². The number of nitrogen functional groups attached to an aromatic ring is 1. The normalized spacial score (nSPS) is 10.3. The fraction of sp³-hybridized carbons (Fsp3) is 0.308. The van der Waals surface area contributed by atoms with Gasteiger partial charge in [0.1, 0.15) is 5.75 Å². The van der Waals surface area contributed by atoms with Gasteiger partial charge >= 0.3 is 12.0 Å². The Hall–Kier alpha value is -1.93. The summed E-state index contributed by atoms with van der Waals surface area (Å²) in [4.78, 5) is 12.1. The molecule has 7 nitrogen and oxygen atoms in total. The molecule has 1 aromatic heterocycles. The summed E-state index contributed by atoms with van der Waals surface area (Å²) in [5.74, 6) is 6.11. The number of hydrogen-bond donors (Lipinski definition) is 2. The van der Waals surface area contributed by atoms with Crippen LogP contribution in [0.4, 0.5) is 5.95 Å². The highest BCUT2D eigenvalue weighted by Gasteiger charge is 2.10. The van der Waals surface area contributed by atoms with Gasteiger partial charge in [-0.05, 0) is 47.0 Å². The molecule has 0 saturated carbocycles. The van der Waals surface area contributed by atoms with Gasteiger partial charge < -0.3 is 9.47 Å². The molecule has 0 aliphatic heterocycles. The highest BCUT2D eigenvalue weighted by atomic mass is 79.9. The zero-order valence-electron chi connectivity index (χ0n) is 11.8. The van der Waals surface area contributed by atoms with E-state index in [9.17, 15) is 0 Å². The van der Waals surface area contributed by atoms with Crippen LogP contribution in [-0.4, -0.2) is 21.6 Å². The van der Waals surface area contributed by atoms with Gasteiger partial charge in [0.15, 0.2) is 0 Å². The fourth-order valence-corrected chi connectivity index (χ4v) is 2.07. The number of aryl methyl sites for hydroxylation is 1. The molecule has 112 valence electrons. The van der Waals surface area contributed by atoms with Gasteiger partial charge in [0.25, 0.3) is 0 Å². The first-order valence-corrected chi connectivity index (χ1v) is 7.21. The molecule has 0 aliphatic rings. The minimum absolute atomic E-state index is 0.105. The highest BCUT2D eigenvalue weighted by Crippen LogP contribution is 2.29. The van der Waals surface area contributed by atoms with E-state index in [0.29, 0.717) is 12.4 Å². The van der Waals surface area contributed by atoms with Crippen molar-refractivity contribution in [2.24, 2.45) is 5.84 Å². The van der Waals surface area contributed by atoms with E-state index in [4.69, 9.17) is 15.3 Å². The maximum atomic E-state index is 5.64. The summed E-state index contributed by atoms with van der Waals surface area (Å²) in [6.07, 6.45) is 0.844. The molecular weight excluding hydrogens is 338 g/mol. The molecule has 8 heteroatoms. The van der Waals surface area contributed by atoms with Gasteiger partial charge in [-0.2, -0.15) is 9.97 Å². The van der Waals surface area contributed by atoms with Crippen LogP contribution in [0, 0.1) is 6.92 Å². The molecule has 0 bridgehead atoms. The van der Waals surface area contributed by atoms with E-state index in [-0.39, 0.29) is 18.0 Å². The lowest BCUT2D eigenvalue weighted by Gasteiger charge is -2.09. The van der Waals surface area contributed by atoms with Crippen molar-refractivity contribution in [1.29, 1.82) is 0 Å². The number of halogens is 1. The molecule has 1 aromatic carbocycles. The lowest BCUT2D eigenvalue weighted by Crippen LogP contribution is -2.13. The molecule has 0 aliphatic carbocycles. The zero-order chi connectivity index (χ0) is 15.2. The maximum Gasteiger partial charge on any atom is 0.330 e. The van der Waals surface area contributed by atoms with Crippen molar-refractivity contribution >= 4 is 21.9 Å². The second-order valence-electron chi connectivity index (χ2n) is 4.25. The number of rotatable bonds is 6. The van der Waals surface area contributed by atoms with Gasteiger partial charge in [-0.25, -0.2) is 5.84 Å². The molecule has 2 rings (SSSR count). The predicted molar refractivity (Wildman–Crippen MR) is 82.4 cm³/mol. The number of anilines is 1. The minimum Gasteiger partial charge on any atom is -0.463 e. The Morgan fingerprint density at radius 2 is 2.00 bits per heavy atom. The van der Waals surface area contributed by atoms with Crippen molar-refractivity contribution in [2.75, 3.05) is 12.0 Å². The van der Waals surface area contributed by atoms with Gasteiger partial charge in [0, 0.05) is 0 Å². The number of ether oxygens (including phenoxy) is 2. The summed E-state index contributed by atoms with van der Waals surface area (Å²) >= 11 is 3.43. The lowest BCUT2D eigenvalue weighted by atomic mass is 10.2. The highest BCUT2D eigenvalue weighted by molar-refractivity contribution is 9.10. The largest absolute Gasteiger partial charge is 0.463 e. The smallest absolute Gasteiger partial charge is 0.330 e. The standard InChI is InChI=1S/C13H16BrN5O2/c1-3-6-20-12-16-11(19-15)17-13(18-12)21-10-5-4-8(2)7-9(10)14/h4-5,7H,3,6,15H2,1-2H3,(H,16,17,18,19). The Balaban J connectivity index is 2.25. The van der Waals surface area contributed by atoms with Crippen molar-refractivity contribution in [3.05, 3.63) is 28.2 Å². The fourth-order valence-electron chi connectivity index (χ4n) is 1.49. The van der Waals surface area contributed by atoms with Crippen LogP contribution in [0.1, 0.15) is 18.9 Å². The van der Waals surface area contributed by atoms with Crippen LogP contribution in [0.5, 0.6) is 17.8 Å². The minimum atomic E-state index is 0.105. The summed E-state index contributed by atoms with van der Waals surface area (Å²) in [6, 6.07) is 5.96. The van der Waals surface area contributed by atoms with Gasteiger partial charge in [0.2, 0.25) is 5.95 Å². The van der Waals surface area contributed by atoms with Crippen LogP contribution < -0.4 is 20.7 Å². The van der Waals surface area contributed by atoms with Crippen LogP contribution in [0.2, 0.25) is 0 Å². The Labute approximate surface area is 131 Å². The summed E-state index contributed by atoms with van der Waals surface area (Å²) in [5, 5.41) is 0. The Morgan fingerprint density at radius 1 is 1.24 bits per heavy atom. The van der Waals surface area contributed by atoms with E-state index < -0.39 is 0 Å². The molecule has 1 heterocycles. The second-order valence-corrected chi connectivity index (χ2v) is 5.11. The Bertz CT molecular complexity index is 624. The molecule has 0 atom stereocenters. The SMILES string of the molecule is CCCOc1nc(NN)nc(Oc2ccc(C)cc2Br)n1. The molecule has 2 aromatic rings. The van der Waals surface area contributed by atoms with Crippen LogP contribution in [-0.2, 0) is 0 Å². The first kappa shape index (κ1) is 15.5. The molecule has 0 fully saturated rings. The molecule has 21 heavy (non-hydrogen) atoms. The third-order valence-corrected chi connectivity index (χ3v) is 3.07. The van der Waals surface area contributed by atoms with E-state index in [2.05, 4.69) is 36.3 Å². The van der Waals surface area contributed by atoms with E-state index in [1.165, 1.54) is 0 Å². The van der Waals surface area contributed by atoms with E-state index in [1.807, 2.05) is 32.0 Å². The van der Waals surface area contributed by atoms with Gasteiger partial charge in [0.05, 0.1) is 11.1 Å². The van der Waals surface area contributed by atoms with E-state index in [0.717, 1.165) is 16.5 Å². The van der Waals surface area contributed by atoms with E-state index in [1.54, 1.807) is 0 Å². The van der Waals surface area contributed by atoms with Gasteiger partial charge in [-0.15, -0.1) is 4.98 Å². The Kier molecular flexibility index (Phi) is 5.29. The summed E-state index contributed by atoms with van der Waals surface area (Å²) in [5.41, 5.74) is 3.47. The zero-order valence-corrected chi connectivity index (χ0v) is 13.3. The predicted octanol–water partition coefficient (Wildman–Crippen LogP) is 2.81. The third kappa shape index (κ3) is 4.27. The van der Waals surface area contributed by atoms with Crippen molar-refractivity contribution in [2.45, 2.75) is 20.3 Å². The number of hydrogen-bond acceptors (Lipinski definition) is 7. The van der Waals surface area contributed by atoms with Crippen LogP contribution in [0.25, 0.3) is 0 Å². The molecule has 0 unspecified atom stereocenters. The molecule has 0 saturated heterocycles. The molecule has 3 N–H and O–H groups in total. The van der Waals surface area contributed by atoms with Gasteiger partial charge in [-0.1, -0.05) is 13.0 Å². The quantitative estimate of drug-likeness (QED) is 0.608. The number of benzene rings is 1. The topological polar surface area (TPSA) is 95.2 Å². The molecule has 0 spiro atoms. The van der Waals surface area contributed by atoms with E-state index >= 15 is 0 Å². The van der Waals surface area contributed by atoms with Crippen molar-refractivity contribution < 1.29 is 9.47 Å². The molecule has 0 radical (unpaired) electrons. The first-order chi connectivity index (χ1) is 10.1. The number of hydrazine groups is 1. The summed E-state index contributed by atoms with van der Waals surface area (Å²) in [6.45, 7) is 4.48. The van der Waals surface area contributed by atoms with Gasteiger partial charge in [-0.3, -0.25) is 5.43 Å². The monoisotopic (exact) mass is 353 g/mol. The lowest BCUT2D eigenvalue weighted by molar-refractivity contribution is 0.285. The Morgan fingerprint density at radius 3 is 2.67 bits per heavy atom. The third-order valence-electron chi connectivity index (χ3n) is 2.45. The number of nitrogens with two attached hydrogens (primary N) is 1. The number of aromatic nitrogens is 3. The van der Waals surface area contributed by atoms with Crippen LogP contribution in [0.15, 0.2) is 22.7 Å². The average molecular weight is 354 g/mol. The summed E-state index contributed by atoms with van der Waals surface area (Å²) in [7, 11) is 0. The first-order valence-electron chi connectivity index (χ1n) is 6.42. The van der Waals surface area contributed by atoms with Crippen LogP contribution in [0.3, 0.4) is 0 Å². The maximum absolute atomic E-state index is 5.64. The number of nitrogens with zero attached hydrogens (tertiary/aromatic N) is 3. The second kappa shape index (κ2) is 7.19. The molecule has 0 amide bonds. The molecular formula is C13H16BrN5O2. The average Bonchev–Trinajstić information content (AvgIpc) is 2.48. The van der Waals surface area contributed by atoms with Crippen molar-refractivity contribution in [3.8, 4) is 17.8 Å². The van der Waals surface area contributed by atoms with Crippen molar-refractivity contribution in [1.82, 2.24) is 15.0 Å². The summed E-state index contributed by atoms with van der Waals surface area (Å²) < 4.78 is 11.8. The number of nitrogens with one attached hydrogen (secondary N) is 1. The van der Waals surface area contributed by atoms with Crippen molar-refractivity contribution in [3.63, 3.8) is 0 Å².